The van der Waals surface area contributed by atoms with Crippen LogP contribution in [0.2, 0.25) is 0 Å². The van der Waals surface area contributed by atoms with E-state index in [4.69, 9.17) is 0 Å². The molecule has 0 amide bonds. The molecule has 0 bridgehead atoms. The first-order valence-corrected chi connectivity index (χ1v) is 5.07. The number of rotatable bonds is 0. The molecule has 2 nitrogen and oxygen atoms in total. The van der Waals surface area contributed by atoms with Gasteiger partial charge in [0.05, 0.1) is 5.52 Å². The van der Waals surface area contributed by atoms with Gasteiger partial charge in [-0.3, -0.25) is 4.98 Å². The van der Waals surface area contributed by atoms with Gasteiger partial charge in [-0.1, -0.05) is 13.8 Å². The molecule has 0 atom stereocenters. The molecule has 0 aromatic carbocycles. The molecule has 0 radical (unpaired) electrons. The van der Waals surface area contributed by atoms with E-state index in [1.54, 1.807) is 0 Å². The van der Waals surface area contributed by atoms with Crippen molar-refractivity contribution in [2.24, 2.45) is 7.05 Å². The van der Waals surface area contributed by atoms with Crippen molar-refractivity contribution in [2.75, 3.05) is 0 Å². The molecule has 0 saturated heterocycles. The van der Waals surface area contributed by atoms with Crippen LogP contribution in [0.1, 0.15) is 25.1 Å². The molecule has 0 fully saturated rings. The van der Waals surface area contributed by atoms with E-state index in [2.05, 4.69) is 35.8 Å². The van der Waals surface area contributed by atoms with E-state index < -0.39 is 0 Å². The Kier molecular flexibility index (Phi) is 3.28. The zero-order valence-corrected chi connectivity index (χ0v) is 9.63. The SMILES string of the molecule is CC.Cc1ncc(C)c2c1ccn2C. The van der Waals surface area contributed by atoms with Crippen LogP contribution in [-0.4, -0.2) is 9.55 Å². The molecule has 0 N–H and O–H groups in total. The number of hydrogen-bond donors (Lipinski definition) is 0. The number of nitrogens with zero attached hydrogens (tertiary/aromatic N) is 2. The van der Waals surface area contributed by atoms with Gasteiger partial charge in [-0.25, -0.2) is 0 Å². The minimum absolute atomic E-state index is 1.11. The van der Waals surface area contributed by atoms with Gasteiger partial charge in [0.1, 0.15) is 0 Å². The van der Waals surface area contributed by atoms with E-state index in [0.717, 1.165) is 5.69 Å². The lowest BCUT2D eigenvalue weighted by Crippen LogP contribution is -1.90. The summed E-state index contributed by atoms with van der Waals surface area (Å²) in [6.45, 7) is 8.14. The van der Waals surface area contributed by atoms with E-state index in [1.807, 2.05) is 27.0 Å². The molecule has 14 heavy (non-hydrogen) atoms. The number of pyridine rings is 1. The minimum atomic E-state index is 1.11. The van der Waals surface area contributed by atoms with Crippen molar-refractivity contribution >= 4 is 10.9 Å². The fourth-order valence-corrected chi connectivity index (χ4v) is 1.64. The van der Waals surface area contributed by atoms with Gasteiger partial charge >= 0.3 is 0 Å². The van der Waals surface area contributed by atoms with Crippen molar-refractivity contribution in [3.05, 3.63) is 29.7 Å². The number of hydrogen-bond acceptors (Lipinski definition) is 1. The summed E-state index contributed by atoms with van der Waals surface area (Å²) in [5, 5.41) is 1.26. The van der Waals surface area contributed by atoms with Crippen molar-refractivity contribution in [1.82, 2.24) is 9.55 Å². The molecule has 2 aromatic rings. The lowest BCUT2D eigenvalue weighted by atomic mass is 10.2. The van der Waals surface area contributed by atoms with Gasteiger partial charge in [-0.2, -0.15) is 0 Å². The second kappa shape index (κ2) is 4.27. The fourth-order valence-electron chi connectivity index (χ4n) is 1.64. The first-order valence-electron chi connectivity index (χ1n) is 5.07. The molecule has 2 rings (SSSR count). The normalized spacial score (nSPS) is 9.79. The summed E-state index contributed by atoms with van der Waals surface area (Å²) in [5.41, 5.74) is 3.64. The fraction of sp³-hybridized carbons (Fsp3) is 0.417. The van der Waals surface area contributed by atoms with Crippen molar-refractivity contribution in [2.45, 2.75) is 27.7 Å². The van der Waals surface area contributed by atoms with Crippen molar-refractivity contribution < 1.29 is 0 Å². The zero-order valence-electron chi connectivity index (χ0n) is 9.63. The summed E-state index contributed by atoms with van der Waals surface area (Å²) in [6.07, 6.45) is 4.00. The smallest absolute Gasteiger partial charge is 0.0541 e. The number of aromatic nitrogens is 2. The third-order valence-electron chi connectivity index (χ3n) is 2.29. The predicted octanol–water partition coefficient (Wildman–Crippen LogP) is 3.22. The Labute approximate surface area is 85.6 Å². The van der Waals surface area contributed by atoms with Crippen LogP contribution in [0.4, 0.5) is 0 Å². The molecule has 2 heterocycles. The maximum absolute atomic E-state index is 4.31. The summed E-state index contributed by atoms with van der Waals surface area (Å²) in [6, 6.07) is 2.12. The highest BCUT2D eigenvalue weighted by Crippen LogP contribution is 2.19. The Hall–Kier alpha value is -1.31. The van der Waals surface area contributed by atoms with E-state index in [1.165, 1.54) is 16.5 Å². The molecule has 0 aliphatic rings. The Bertz CT molecular complexity index is 427. The van der Waals surface area contributed by atoms with Gasteiger partial charge in [0.2, 0.25) is 0 Å². The van der Waals surface area contributed by atoms with Gasteiger partial charge in [-0.05, 0) is 25.5 Å². The summed E-state index contributed by atoms with van der Waals surface area (Å²) in [4.78, 5) is 4.31. The van der Waals surface area contributed by atoms with E-state index >= 15 is 0 Å². The quantitative estimate of drug-likeness (QED) is 0.623. The first-order chi connectivity index (χ1) is 6.70. The Morgan fingerprint density at radius 3 is 2.43 bits per heavy atom. The molecule has 2 aromatic heterocycles. The second-order valence-corrected chi connectivity index (χ2v) is 3.22. The van der Waals surface area contributed by atoms with Gasteiger partial charge in [0.25, 0.3) is 0 Å². The molecular weight excluding hydrogens is 172 g/mol. The molecular formula is C12H18N2. The van der Waals surface area contributed by atoms with E-state index in [-0.39, 0.29) is 0 Å². The molecule has 76 valence electrons. The summed E-state index contributed by atoms with van der Waals surface area (Å²) in [7, 11) is 2.06. The largest absolute Gasteiger partial charge is 0.350 e. The van der Waals surface area contributed by atoms with Crippen LogP contribution in [0.25, 0.3) is 10.9 Å². The number of aryl methyl sites for hydroxylation is 3. The van der Waals surface area contributed by atoms with Gasteiger partial charge in [0.15, 0.2) is 0 Å². The van der Waals surface area contributed by atoms with Crippen LogP contribution >= 0.6 is 0 Å². The van der Waals surface area contributed by atoms with Crippen LogP contribution in [0.5, 0.6) is 0 Å². The average molecular weight is 190 g/mol. The maximum atomic E-state index is 4.31. The molecule has 0 spiro atoms. The third kappa shape index (κ3) is 1.65. The van der Waals surface area contributed by atoms with Crippen LogP contribution in [-0.2, 0) is 7.05 Å². The Morgan fingerprint density at radius 2 is 1.86 bits per heavy atom. The second-order valence-electron chi connectivity index (χ2n) is 3.22. The molecule has 0 saturated carbocycles. The van der Waals surface area contributed by atoms with Gasteiger partial charge < -0.3 is 4.57 Å². The third-order valence-corrected chi connectivity index (χ3v) is 2.29. The van der Waals surface area contributed by atoms with Gasteiger partial charge in [-0.15, -0.1) is 0 Å². The molecule has 2 heteroatoms. The summed E-state index contributed by atoms with van der Waals surface area (Å²) >= 11 is 0. The van der Waals surface area contributed by atoms with Crippen molar-refractivity contribution in [3.63, 3.8) is 0 Å². The van der Waals surface area contributed by atoms with Crippen LogP contribution in [0.3, 0.4) is 0 Å². The zero-order chi connectivity index (χ0) is 10.7. The average Bonchev–Trinajstić information content (AvgIpc) is 2.59. The topological polar surface area (TPSA) is 17.8 Å². The predicted molar refractivity (Wildman–Crippen MR) is 61.5 cm³/mol. The monoisotopic (exact) mass is 190 g/mol. The van der Waals surface area contributed by atoms with Gasteiger partial charge in [0, 0.05) is 30.5 Å². The van der Waals surface area contributed by atoms with E-state index in [0.29, 0.717) is 0 Å². The highest BCUT2D eigenvalue weighted by Gasteiger charge is 2.03. The Morgan fingerprint density at radius 1 is 1.21 bits per heavy atom. The highest BCUT2D eigenvalue weighted by molar-refractivity contribution is 5.84. The van der Waals surface area contributed by atoms with Crippen LogP contribution < -0.4 is 0 Å². The Balaban J connectivity index is 0.000000461. The highest BCUT2D eigenvalue weighted by atomic mass is 14.9. The summed E-state index contributed by atoms with van der Waals surface area (Å²) < 4.78 is 2.14. The minimum Gasteiger partial charge on any atom is -0.350 e. The first kappa shape index (κ1) is 10.8. The van der Waals surface area contributed by atoms with Crippen LogP contribution in [0, 0.1) is 13.8 Å². The lowest BCUT2D eigenvalue weighted by Gasteiger charge is -2.01. The van der Waals surface area contributed by atoms with E-state index in [9.17, 15) is 0 Å². The molecule has 0 unspecified atom stereocenters. The summed E-state index contributed by atoms with van der Waals surface area (Å²) in [5.74, 6) is 0. The van der Waals surface area contributed by atoms with Crippen molar-refractivity contribution in [1.29, 1.82) is 0 Å². The van der Waals surface area contributed by atoms with Crippen molar-refractivity contribution in [3.8, 4) is 0 Å². The standard InChI is InChI=1S/C10H12N2.C2H6/c1-7-6-11-8(2)9-4-5-12(3)10(7)9;1-2/h4-6H,1-3H3;1-2H3. The molecule has 0 aliphatic carbocycles. The number of fused-ring (bicyclic) bond motifs is 1. The lowest BCUT2D eigenvalue weighted by molar-refractivity contribution is 0.961. The maximum Gasteiger partial charge on any atom is 0.0541 e. The molecule has 0 aliphatic heterocycles. The van der Waals surface area contributed by atoms with Crippen LogP contribution in [0.15, 0.2) is 18.5 Å².